The fourth-order valence-corrected chi connectivity index (χ4v) is 3.30. The zero-order chi connectivity index (χ0) is 19.9. The zero-order valence-corrected chi connectivity index (χ0v) is 16.6. The molecule has 3 aromatic rings. The number of nitrogens with one attached hydrogen (secondary N) is 1. The first-order valence-electron chi connectivity index (χ1n) is 9.01. The van der Waals surface area contributed by atoms with Gasteiger partial charge in [0.1, 0.15) is 5.75 Å². The van der Waals surface area contributed by atoms with Gasteiger partial charge in [0.15, 0.2) is 6.10 Å². The molecule has 0 radical (unpaired) electrons. The first-order valence-corrected chi connectivity index (χ1v) is 9.89. The van der Waals surface area contributed by atoms with Crippen molar-refractivity contribution >= 4 is 17.2 Å². The topological polar surface area (TPSA) is 75.0 Å². The van der Waals surface area contributed by atoms with E-state index in [0.29, 0.717) is 17.9 Å². The Hall–Kier alpha value is -3.17. The molecule has 0 spiro atoms. The molecule has 1 N–H and O–H groups in total. The van der Waals surface area contributed by atoms with Crippen LogP contribution in [0, 0.1) is 18.3 Å². The third-order valence-electron chi connectivity index (χ3n) is 4.25. The van der Waals surface area contributed by atoms with Crippen molar-refractivity contribution in [1.29, 1.82) is 5.26 Å². The number of rotatable bonds is 7. The van der Waals surface area contributed by atoms with Gasteiger partial charge in [-0.25, -0.2) is 4.98 Å². The predicted molar refractivity (Wildman–Crippen MR) is 110 cm³/mol. The number of amides is 1. The van der Waals surface area contributed by atoms with E-state index >= 15 is 0 Å². The Kier molecular flexibility index (Phi) is 6.41. The van der Waals surface area contributed by atoms with Gasteiger partial charge in [-0.15, -0.1) is 11.3 Å². The van der Waals surface area contributed by atoms with Crippen molar-refractivity contribution in [1.82, 2.24) is 10.3 Å². The summed E-state index contributed by atoms with van der Waals surface area (Å²) < 4.78 is 5.62. The summed E-state index contributed by atoms with van der Waals surface area (Å²) in [6.07, 6.45) is 0.134. The molecular weight excluding hydrogens is 370 g/mol. The highest BCUT2D eigenvalue weighted by Gasteiger charge is 2.14. The lowest BCUT2D eigenvalue weighted by molar-refractivity contribution is -0.127. The van der Waals surface area contributed by atoms with Crippen molar-refractivity contribution in [3.63, 3.8) is 0 Å². The SMILES string of the molecule is Cc1nc(-c2ccc(CCNC(=O)C(C)Oc3ccc(C#N)cc3)cc2)cs1. The molecule has 142 valence electrons. The number of nitriles is 1. The molecule has 0 bridgehead atoms. The van der Waals surface area contributed by atoms with Gasteiger partial charge >= 0.3 is 0 Å². The van der Waals surface area contributed by atoms with Crippen LogP contribution in [0.4, 0.5) is 0 Å². The summed E-state index contributed by atoms with van der Waals surface area (Å²) >= 11 is 1.64. The van der Waals surface area contributed by atoms with E-state index in [1.54, 1.807) is 42.5 Å². The van der Waals surface area contributed by atoms with Gasteiger partial charge in [0.05, 0.1) is 22.3 Å². The summed E-state index contributed by atoms with van der Waals surface area (Å²) in [5, 5.41) is 14.8. The van der Waals surface area contributed by atoms with E-state index in [9.17, 15) is 4.79 Å². The average molecular weight is 391 g/mol. The maximum absolute atomic E-state index is 12.2. The van der Waals surface area contributed by atoms with E-state index < -0.39 is 6.10 Å². The summed E-state index contributed by atoms with van der Waals surface area (Å²) in [4.78, 5) is 16.7. The van der Waals surface area contributed by atoms with Crippen LogP contribution >= 0.6 is 11.3 Å². The quantitative estimate of drug-likeness (QED) is 0.657. The number of benzene rings is 2. The molecule has 1 unspecified atom stereocenters. The Morgan fingerprint density at radius 3 is 2.54 bits per heavy atom. The minimum Gasteiger partial charge on any atom is -0.481 e. The lowest BCUT2D eigenvalue weighted by Crippen LogP contribution is -2.37. The van der Waals surface area contributed by atoms with Crippen LogP contribution in [-0.4, -0.2) is 23.5 Å². The second kappa shape index (κ2) is 9.16. The maximum Gasteiger partial charge on any atom is 0.260 e. The summed E-state index contributed by atoms with van der Waals surface area (Å²) in [5.41, 5.74) is 3.80. The van der Waals surface area contributed by atoms with Crippen LogP contribution in [0.15, 0.2) is 53.9 Å². The molecule has 0 aliphatic rings. The predicted octanol–water partition coefficient (Wildman–Crippen LogP) is 4.12. The maximum atomic E-state index is 12.2. The average Bonchev–Trinajstić information content (AvgIpc) is 3.15. The lowest BCUT2D eigenvalue weighted by Gasteiger charge is -2.14. The Morgan fingerprint density at radius 2 is 1.93 bits per heavy atom. The Labute approximate surface area is 168 Å². The zero-order valence-electron chi connectivity index (χ0n) is 15.8. The smallest absolute Gasteiger partial charge is 0.260 e. The minimum absolute atomic E-state index is 0.168. The highest BCUT2D eigenvalue weighted by Crippen LogP contribution is 2.21. The van der Waals surface area contributed by atoms with Gasteiger partial charge in [-0.1, -0.05) is 24.3 Å². The van der Waals surface area contributed by atoms with Gasteiger partial charge in [0.2, 0.25) is 0 Å². The molecule has 1 amide bonds. The van der Waals surface area contributed by atoms with Crippen molar-refractivity contribution in [3.05, 3.63) is 70.0 Å². The van der Waals surface area contributed by atoms with Gasteiger partial charge in [0.25, 0.3) is 5.91 Å². The Bertz CT molecular complexity index is 972. The third-order valence-corrected chi connectivity index (χ3v) is 5.02. The molecule has 5 nitrogen and oxygen atoms in total. The Balaban J connectivity index is 1.46. The summed E-state index contributed by atoms with van der Waals surface area (Å²) in [7, 11) is 0. The van der Waals surface area contributed by atoms with Crippen molar-refractivity contribution in [2.24, 2.45) is 0 Å². The number of aryl methyl sites for hydroxylation is 1. The molecule has 28 heavy (non-hydrogen) atoms. The van der Waals surface area contributed by atoms with Gasteiger partial charge < -0.3 is 10.1 Å². The molecule has 0 saturated carbocycles. The number of carbonyl (C=O) groups excluding carboxylic acids is 1. The van der Waals surface area contributed by atoms with Crippen LogP contribution in [0.3, 0.4) is 0 Å². The molecular formula is C22H21N3O2S. The van der Waals surface area contributed by atoms with Crippen molar-refractivity contribution < 1.29 is 9.53 Å². The molecule has 3 rings (SSSR count). The standard InChI is InChI=1S/C22H21N3O2S/c1-15(27-20-9-5-18(13-23)6-10-20)22(26)24-12-11-17-3-7-19(8-4-17)21-14-28-16(2)25-21/h3-10,14-15H,11-12H2,1-2H3,(H,24,26). The normalized spacial score (nSPS) is 11.5. The molecule has 0 aliphatic heterocycles. The van der Waals surface area contributed by atoms with Gasteiger partial charge in [0, 0.05) is 17.5 Å². The molecule has 0 aliphatic carbocycles. The van der Waals surface area contributed by atoms with Crippen LogP contribution in [0.2, 0.25) is 0 Å². The number of ether oxygens (including phenoxy) is 1. The van der Waals surface area contributed by atoms with E-state index in [0.717, 1.165) is 28.2 Å². The molecule has 6 heteroatoms. The minimum atomic E-state index is -0.608. The van der Waals surface area contributed by atoms with Crippen LogP contribution in [0.1, 0.15) is 23.1 Å². The van der Waals surface area contributed by atoms with E-state index in [2.05, 4.69) is 39.9 Å². The highest BCUT2D eigenvalue weighted by atomic mass is 32.1. The highest BCUT2D eigenvalue weighted by molar-refractivity contribution is 7.09. The van der Waals surface area contributed by atoms with E-state index in [1.807, 2.05) is 13.0 Å². The molecule has 1 aromatic heterocycles. The van der Waals surface area contributed by atoms with E-state index in [4.69, 9.17) is 10.00 Å². The monoisotopic (exact) mass is 391 g/mol. The number of thiazole rings is 1. The van der Waals surface area contributed by atoms with Crippen LogP contribution in [0.5, 0.6) is 5.75 Å². The fourth-order valence-electron chi connectivity index (χ4n) is 2.68. The van der Waals surface area contributed by atoms with E-state index in [1.165, 1.54) is 0 Å². The molecule has 0 saturated heterocycles. The fraction of sp³-hybridized carbons (Fsp3) is 0.227. The summed E-state index contributed by atoms with van der Waals surface area (Å²) in [6.45, 7) is 4.24. The lowest BCUT2D eigenvalue weighted by atomic mass is 10.1. The van der Waals surface area contributed by atoms with Crippen LogP contribution in [0.25, 0.3) is 11.3 Å². The second-order valence-electron chi connectivity index (χ2n) is 6.39. The molecule has 1 atom stereocenters. The molecule has 2 aromatic carbocycles. The van der Waals surface area contributed by atoms with Crippen molar-refractivity contribution in [2.75, 3.05) is 6.54 Å². The number of hydrogen-bond donors (Lipinski definition) is 1. The number of aromatic nitrogens is 1. The first-order chi connectivity index (χ1) is 13.5. The summed E-state index contributed by atoms with van der Waals surface area (Å²) in [5.74, 6) is 0.397. The Morgan fingerprint density at radius 1 is 1.21 bits per heavy atom. The van der Waals surface area contributed by atoms with Crippen molar-refractivity contribution in [3.8, 4) is 23.1 Å². The first kappa shape index (κ1) is 19.6. The largest absolute Gasteiger partial charge is 0.481 e. The van der Waals surface area contributed by atoms with Crippen molar-refractivity contribution in [2.45, 2.75) is 26.4 Å². The van der Waals surface area contributed by atoms with E-state index in [-0.39, 0.29) is 5.91 Å². The van der Waals surface area contributed by atoms with Crippen LogP contribution < -0.4 is 10.1 Å². The summed E-state index contributed by atoms with van der Waals surface area (Å²) in [6, 6.07) is 17.0. The second-order valence-corrected chi connectivity index (χ2v) is 7.45. The van der Waals surface area contributed by atoms with Gasteiger partial charge in [-0.3, -0.25) is 4.79 Å². The number of carbonyl (C=O) groups is 1. The van der Waals surface area contributed by atoms with Crippen LogP contribution in [-0.2, 0) is 11.2 Å². The number of hydrogen-bond acceptors (Lipinski definition) is 5. The van der Waals surface area contributed by atoms with Gasteiger partial charge in [-0.05, 0) is 50.1 Å². The molecule has 0 fully saturated rings. The third kappa shape index (κ3) is 5.18. The van der Waals surface area contributed by atoms with Gasteiger partial charge in [-0.2, -0.15) is 5.26 Å². The number of nitrogens with zero attached hydrogens (tertiary/aromatic N) is 2. The molecule has 1 heterocycles.